The monoisotopic (exact) mass is 342 g/mol. The van der Waals surface area contributed by atoms with Gasteiger partial charge in [-0.2, -0.15) is 0 Å². The van der Waals surface area contributed by atoms with Crippen molar-refractivity contribution in [2.24, 2.45) is 0 Å². The minimum atomic E-state index is -0.224. The Labute approximate surface area is 144 Å². The molecule has 0 saturated carbocycles. The Balaban J connectivity index is 1.82. The minimum Gasteiger partial charge on any atom is -0.495 e. The molecule has 0 atom stereocenters. The number of benzene rings is 2. The number of quaternary nitrogens is 1. The van der Waals surface area contributed by atoms with Gasteiger partial charge in [0.15, 0.2) is 13.1 Å². The number of furan rings is 1. The van der Waals surface area contributed by atoms with Crippen molar-refractivity contribution in [1.82, 2.24) is 5.32 Å². The molecule has 7 nitrogen and oxygen atoms in total. The van der Waals surface area contributed by atoms with Crippen LogP contribution in [-0.4, -0.2) is 39.1 Å². The number of carbonyl (C=O) groups is 2. The quantitative estimate of drug-likeness (QED) is 0.618. The van der Waals surface area contributed by atoms with Crippen LogP contribution in [0.3, 0.4) is 0 Å². The molecule has 25 heavy (non-hydrogen) atoms. The van der Waals surface area contributed by atoms with Crippen molar-refractivity contribution in [3.05, 3.63) is 36.4 Å². The van der Waals surface area contributed by atoms with Crippen LogP contribution in [0.1, 0.15) is 0 Å². The maximum Gasteiger partial charge on any atom is 0.279 e. The first-order valence-electron chi connectivity index (χ1n) is 7.93. The maximum absolute atomic E-state index is 12.1. The van der Waals surface area contributed by atoms with Gasteiger partial charge in [-0.3, -0.25) is 9.59 Å². The van der Waals surface area contributed by atoms with E-state index in [1.165, 1.54) is 0 Å². The van der Waals surface area contributed by atoms with E-state index in [1.54, 1.807) is 25.5 Å². The minimum absolute atomic E-state index is 0.130. The van der Waals surface area contributed by atoms with E-state index < -0.39 is 0 Å². The van der Waals surface area contributed by atoms with Crippen LogP contribution >= 0.6 is 0 Å². The highest BCUT2D eigenvalue weighted by atomic mass is 16.5. The highest BCUT2D eigenvalue weighted by Gasteiger charge is 2.15. The van der Waals surface area contributed by atoms with Gasteiger partial charge < -0.3 is 25.1 Å². The summed E-state index contributed by atoms with van der Waals surface area (Å²) in [6.45, 7) is 0.332. The summed E-state index contributed by atoms with van der Waals surface area (Å²) in [6.07, 6.45) is 0. The van der Waals surface area contributed by atoms with Crippen LogP contribution < -0.4 is 20.7 Å². The molecule has 2 aromatic carbocycles. The number of para-hydroxylation sites is 1. The first kappa shape index (κ1) is 16.8. The lowest BCUT2D eigenvalue weighted by Crippen LogP contribution is -2.88. The van der Waals surface area contributed by atoms with E-state index in [9.17, 15) is 9.59 Å². The molecule has 0 unspecified atom stereocenters. The Morgan fingerprint density at radius 3 is 2.60 bits per heavy atom. The molecular formula is C18H20N3O4+. The molecule has 4 N–H and O–H groups in total. The largest absolute Gasteiger partial charge is 0.495 e. The molecule has 3 rings (SSSR count). The first-order valence-corrected chi connectivity index (χ1v) is 7.93. The normalized spacial score (nSPS) is 10.8. The van der Waals surface area contributed by atoms with Crippen molar-refractivity contribution in [3.63, 3.8) is 0 Å². The van der Waals surface area contributed by atoms with Crippen molar-refractivity contribution >= 4 is 39.4 Å². The highest BCUT2D eigenvalue weighted by molar-refractivity contribution is 6.07. The van der Waals surface area contributed by atoms with E-state index in [4.69, 9.17) is 9.15 Å². The number of nitrogens with one attached hydrogen (secondary N) is 2. The number of likely N-dealkylation sites (N-methyl/N-ethyl adjacent to an activating group) is 1. The molecule has 0 saturated heterocycles. The molecule has 2 amide bonds. The predicted molar refractivity (Wildman–Crippen MR) is 94.6 cm³/mol. The molecule has 130 valence electrons. The number of carbonyl (C=O) groups excluding carboxylic acids is 2. The number of fused-ring (bicyclic) bond motifs is 3. The molecule has 0 fully saturated rings. The lowest BCUT2D eigenvalue weighted by Gasteiger charge is -2.10. The third-order valence-corrected chi connectivity index (χ3v) is 3.91. The molecule has 0 spiro atoms. The summed E-state index contributed by atoms with van der Waals surface area (Å²) in [5, 5.41) is 8.85. The first-order chi connectivity index (χ1) is 12.1. The van der Waals surface area contributed by atoms with Gasteiger partial charge in [-0.15, -0.1) is 0 Å². The van der Waals surface area contributed by atoms with Gasteiger partial charge >= 0.3 is 0 Å². The molecule has 0 aliphatic carbocycles. The van der Waals surface area contributed by atoms with Gasteiger partial charge in [-0.05, 0) is 12.1 Å². The Morgan fingerprint density at radius 2 is 1.84 bits per heavy atom. The number of ether oxygens (including phenoxy) is 1. The van der Waals surface area contributed by atoms with Crippen molar-refractivity contribution in [3.8, 4) is 5.75 Å². The van der Waals surface area contributed by atoms with Gasteiger partial charge in [-0.1, -0.05) is 18.2 Å². The third-order valence-electron chi connectivity index (χ3n) is 3.91. The Bertz CT molecular complexity index is 933. The number of nitrogens with two attached hydrogens (primary N) is 1. The van der Waals surface area contributed by atoms with Crippen LogP contribution in [-0.2, 0) is 9.59 Å². The molecule has 1 heterocycles. The second-order valence-corrected chi connectivity index (χ2v) is 5.57. The van der Waals surface area contributed by atoms with E-state index in [1.807, 2.05) is 30.3 Å². The van der Waals surface area contributed by atoms with Crippen LogP contribution in [0.2, 0.25) is 0 Å². The Morgan fingerprint density at radius 1 is 1.08 bits per heavy atom. The number of amides is 2. The predicted octanol–water partition coefficient (Wildman–Crippen LogP) is 0.843. The van der Waals surface area contributed by atoms with E-state index in [0.29, 0.717) is 17.0 Å². The third kappa shape index (κ3) is 3.56. The van der Waals surface area contributed by atoms with Crippen molar-refractivity contribution < 1.29 is 24.1 Å². The number of anilines is 1. The molecule has 3 aromatic rings. The summed E-state index contributed by atoms with van der Waals surface area (Å²) in [7, 11) is 3.11. The number of rotatable bonds is 6. The second-order valence-electron chi connectivity index (χ2n) is 5.57. The summed E-state index contributed by atoms with van der Waals surface area (Å²) < 4.78 is 11.2. The fourth-order valence-electron chi connectivity index (χ4n) is 2.66. The van der Waals surface area contributed by atoms with Gasteiger partial charge in [0.05, 0.1) is 12.8 Å². The van der Waals surface area contributed by atoms with E-state index in [0.717, 1.165) is 16.4 Å². The van der Waals surface area contributed by atoms with Crippen LogP contribution in [0.15, 0.2) is 40.8 Å². The van der Waals surface area contributed by atoms with Gasteiger partial charge in [-0.25, -0.2) is 0 Å². The lowest BCUT2D eigenvalue weighted by molar-refractivity contribution is -0.632. The summed E-state index contributed by atoms with van der Waals surface area (Å²) in [4.78, 5) is 23.3. The van der Waals surface area contributed by atoms with Gasteiger partial charge in [0.1, 0.15) is 16.9 Å². The van der Waals surface area contributed by atoms with Crippen molar-refractivity contribution in [1.29, 1.82) is 0 Å². The summed E-state index contributed by atoms with van der Waals surface area (Å²) in [5.41, 5.74) is 1.99. The summed E-state index contributed by atoms with van der Waals surface area (Å²) in [6, 6.07) is 11.3. The lowest BCUT2D eigenvalue weighted by atomic mass is 10.1. The SMILES string of the molecule is CNC(=O)C[NH2+]CC(=O)Nc1cc2oc3ccccc3c2cc1OC. The van der Waals surface area contributed by atoms with Gasteiger partial charge in [0.2, 0.25) is 0 Å². The highest BCUT2D eigenvalue weighted by Crippen LogP contribution is 2.36. The van der Waals surface area contributed by atoms with Crippen LogP contribution in [0, 0.1) is 0 Å². The van der Waals surface area contributed by atoms with E-state index in [2.05, 4.69) is 10.6 Å². The standard InChI is InChI=1S/C18H19N3O4/c1-19-17(22)9-20-10-18(23)21-13-8-15-12(7-16(13)24-2)11-5-3-4-6-14(11)25-15/h3-8,20H,9-10H2,1-2H3,(H,19,22)(H,21,23)/p+1. The Hall–Kier alpha value is -3.06. The number of hydrogen-bond acceptors (Lipinski definition) is 4. The smallest absolute Gasteiger partial charge is 0.279 e. The zero-order chi connectivity index (χ0) is 17.8. The molecule has 7 heteroatoms. The van der Waals surface area contributed by atoms with Crippen LogP contribution in [0.25, 0.3) is 21.9 Å². The molecule has 0 aliphatic rings. The molecule has 1 aromatic heterocycles. The van der Waals surface area contributed by atoms with Gasteiger partial charge in [0, 0.05) is 23.9 Å². The fraction of sp³-hybridized carbons (Fsp3) is 0.222. The van der Waals surface area contributed by atoms with Crippen molar-refractivity contribution in [2.75, 3.05) is 32.6 Å². The van der Waals surface area contributed by atoms with Crippen LogP contribution in [0.4, 0.5) is 5.69 Å². The van der Waals surface area contributed by atoms with E-state index in [-0.39, 0.29) is 24.9 Å². The van der Waals surface area contributed by atoms with Gasteiger partial charge in [0.25, 0.3) is 11.8 Å². The molecule has 0 radical (unpaired) electrons. The summed E-state index contributed by atoms with van der Waals surface area (Å²) >= 11 is 0. The van der Waals surface area contributed by atoms with Crippen LogP contribution in [0.5, 0.6) is 5.75 Å². The topological polar surface area (TPSA) is 97.2 Å². The number of methoxy groups -OCH3 is 1. The number of hydrogen-bond donors (Lipinski definition) is 3. The van der Waals surface area contributed by atoms with Crippen molar-refractivity contribution in [2.45, 2.75) is 0 Å². The molecule has 0 aliphatic heterocycles. The average Bonchev–Trinajstić information content (AvgIpc) is 2.98. The zero-order valence-corrected chi connectivity index (χ0v) is 14.1. The molecular weight excluding hydrogens is 322 g/mol. The average molecular weight is 342 g/mol. The summed E-state index contributed by atoms with van der Waals surface area (Å²) in [5.74, 6) is 0.199. The molecule has 0 bridgehead atoms. The second kappa shape index (κ2) is 7.23. The Kier molecular flexibility index (Phi) is 4.85. The van der Waals surface area contributed by atoms with E-state index >= 15 is 0 Å². The maximum atomic E-state index is 12.1. The fourth-order valence-corrected chi connectivity index (χ4v) is 2.66. The zero-order valence-electron chi connectivity index (χ0n) is 14.1.